The smallest absolute Gasteiger partial charge is 0.265 e. The third-order valence-electron chi connectivity index (χ3n) is 1.74. The molecule has 2 unspecified atom stereocenters. The molecule has 1 fully saturated rings. The molecule has 1 aliphatic rings. The maximum absolute atomic E-state index is 11.2. The predicted octanol–water partition coefficient (Wildman–Crippen LogP) is -0.878. The first-order valence-electron chi connectivity index (χ1n) is 3.87. The van der Waals surface area contributed by atoms with Gasteiger partial charge in [-0.2, -0.15) is 0 Å². The lowest BCUT2D eigenvalue weighted by molar-refractivity contribution is -0.176. The molecule has 0 spiro atoms. The van der Waals surface area contributed by atoms with Crippen LogP contribution < -0.4 is 5.73 Å². The molecule has 1 aliphatic heterocycles. The first-order chi connectivity index (χ1) is 5.66. The maximum Gasteiger partial charge on any atom is 0.265 e. The van der Waals surface area contributed by atoms with Crippen molar-refractivity contribution < 1.29 is 14.4 Å². The van der Waals surface area contributed by atoms with Crippen molar-refractivity contribution in [3.8, 4) is 0 Å². The van der Waals surface area contributed by atoms with E-state index in [0.29, 0.717) is 6.61 Å². The third kappa shape index (κ3) is 1.74. The van der Waals surface area contributed by atoms with Gasteiger partial charge in [0.15, 0.2) is 0 Å². The molecule has 1 saturated heterocycles. The molecule has 12 heavy (non-hydrogen) atoms. The number of amides is 1. The Morgan fingerprint density at radius 3 is 3.00 bits per heavy atom. The second kappa shape index (κ2) is 3.84. The zero-order chi connectivity index (χ0) is 9.14. The maximum atomic E-state index is 11.2. The second-order valence-corrected chi connectivity index (χ2v) is 2.87. The van der Waals surface area contributed by atoms with Crippen LogP contribution in [0.15, 0.2) is 0 Å². The van der Waals surface area contributed by atoms with Crippen LogP contribution in [-0.4, -0.2) is 43.4 Å². The Hall–Kier alpha value is -0.650. The lowest BCUT2D eigenvalue weighted by Gasteiger charge is -2.21. The van der Waals surface area contributed by atoms with E-state index in [1.165, 1.54) is 5.06 Å². The van der Waals surface area contributed by atoms with Crippen molar-refractivity contribution in [3.63, 3.8) is 0 Å². The summed E-state index contributed by atoms with van der Waals surface area (Å²) in [6.07, 6.45) is 0. The van der Waals surface area contributed by atoms with Crippen LogP contribution >= 0.6 is 0 Å². The summed E-state index contributed by atoms with van der Waals surface area (Å²) < 4.78 is 4.88. The number of carbonyl (C=O) groups is 1. The zero-order valence-electron chi connectivity index (χ0n) is 7.32. The number of hydrogen-bond acceptors (Lipinski definition) is 4. The monoisotopic (exact) mass is 174 g/mol. The van der Waals surface area contributed by atoms with Crippen molar-refractivity contribution in [2.75, 3.05) is 20.3 Å². The van der Waals surface area contributed by atoms with E-state index in [2.05, 4.69) is 0 Å². The summed E-state index contributed by atoms with van der Waals surface area (Å²) in [7, 11) is 1.58. The Morgan fingerprint density at radius 2 is 2.58 bits per heavy atom. The molecule has 1 heterocycles. The van der Waals surface area contributed by atoms with Crippen molar-refractivity contribution in [1.82, 2.24) is 5.06 Å². The molecule has 0 saturated carbocycles. The van der Waals surface area contributed by atoms with Crippen LogP contribution in [0.2, 0.25) is 0 Å². The minimum atomic E-state index is -0.510. The first-order valence-corrected chi connectivity index (χ1v) is 3.87. The van der Waals surface area contributed by atoms with Crippen molar-refractivity contribution in [1.29, 1.82) is 0 Å². The first kappa shape index (κ1) is 9.44. The largest absolute Gasteiger partial charge is 0.382 e. The lowest BCUT2D eigenvalue weighted by atomic mass is 10.3. The van der Waals surface area contributed by atoms with Gasteiger partial charge >= 0.3 is 0 Å². The number of ether oxygens (including phenoxy) is 1. The van der Waals surface area contributed by atoms with E-state index in [4.69, 9.17) is 15.3 Å². The Balaban J connectivity index is 2.47. The molecular weight excluding hydrogens is 160 g/mol. The summed E-state index contributed by atoms with van der Waals surface area (Å²) in [5, 5.41) is 1.29. The van der Waals surface area contributed by atoms with Gasteiger partial charge in [0.1, 0.15) is 6.04 Å². The minimum absolute atomic E-state index is 0.0731. The van der Waals surface area contributed by atoms with Crippen LogP contribution in [0.3, 0.4) is 0 Å². The van der Waals surface area contributed by atoms with Crippen LogP contribution in [0.5, 0.6) is 0 Å². The van der Waals surface area contributed by atoms with Crippen molar-refractivity contribution in [3.05, 3.63) is 0 Å². The molecule has 5 nitrogen and oxygen atoms in total. The number of nitrogens with two attached hydrogens (primary N) is 1. The number of hydroxylamine groups is 2. The van der Waals surface area contributed by atoms with E-state index in [1.807, 2.05) is 6.92 Å². The quantitative estimate of drug-likeness (QED) is 0.603. The fourth-order valence-corrected chi connectivity index (χ4v) is 1.11. The highest BCUT2D eigenvalue weighted by molar-refractivity contribution is 5.82. The molecule has 2 atom stereocenters. The molecule has 0 radical (unpaired) electrons. The predicted molar refractivity (Wildman–Crippen MR) is 42.1 cm³/mol. The highest BCUT2D eigenvalue weighted by Gasteiger charge is 2.33. The van der Waals surface area contributed by atoms with E-state index in [0.717, 1.165) is 0 Å². The van der Waals surface area contributed by atoms with Gasteiger partial charge < -0.3 is 10.5 Å². The van der Waals surface area contributed by atoms with E-state index in [9.17, 15) is 4.79 Å². The van der Waals surface area contributed by atoms with E-state index in [-0.39, 0.29) is 18.6 Å². The summed E-state index contributed by atoms with van der Waals surface area (Å²) in [5.41, 5.74) is 5.45. The average Bonchev–Trinajstić information content (AvgIpc) is 2.34. The lowest BCUT2D eigenvalue weighted by Crippen LogP contribution is -2.40. The van der Waals surface area contributed by atoms with E-state index < -0.39 is 6.04 Å². The molecule has 0 aliphatic carbocycles. The molecule has 5 heteroatoms. The molecule has 0 aromatic rings. The molecule has 1 rings (SSSR count). The third-order valence-corrected chi connectivity index (χ3v) is 1.74. The number of carbonyl (C=O) groups excluding carboxylic acids is 1. The molecule has 1 amide bonds. The van der Waals surface area contributed by atoms with Gasteiger partial charge in [0.2, 0.25) is 0 Å². The van der Waals surface area contributed by atoms with Crippen LogP contribution in [0.1, 0.15) is 6.92 Å². The van der Waals surface area contributed by atoms with Gasteiger partial charge in [-0.3, -0.25) is 9.63 Å². The molecule has 0 aromatic carbocycles. The molecule has 70 valence electrons. The zero-order valence-corrected chi connectivity index (χ0v) is 7.32. The Labute approximate surface area is 71.4 Å². The summed E-state index contributed by atoms with van der Waals surface area (Å²) in [6, 6.07) is -0.583. The van der Waals surface area contributed by atoms with Crippen molar-refractivity contribution >= 4 is 5.91 Å². The average molecular weight is 174 g/mol. The van der Waals surface area contributed by atoms with Gasteiger partial charge in [-0.15, -0.1) is 0 Å². The van der Waals surface area contributed by atoms with Gasteiger partial charge in [-0.25, -0.2) is 5.06 Å². The normalized spacial score (nSPS) is 26.4. The van der Waals surface area contributed by atoms with E-state index in [1.54, 1.807) is 7.11 Å². The summed E-state index contributed by atoms with van der Waals surface area (Å²) in [5.74, 6) is -0.167. The standard InChI is InChI=1S/C7H14N2O3/c1-5(3-11-2)9-7(10)6(8)4-12-9/h5-6H,3-4,8H2,1-2H3. The van der Waals surface area contributed by atoms with Gasteiger partial charge in [-0.1, -0.05) is 0 Å². The Bertz CT molecular complexity index is 174. The Morgan fingerprint density at radius 1 is 1.92 bits per heavy atom. The van der Waals surface area contributed by atoms with Gasteiger partial charge in [0.25, 0.3) is 5.91 Å². The van der Waals surface area contributed by atoms with Gasteiger partial charge in [0.05, 0.1) is 19.3 Å². The number of hydrogen-bond donors (Lipinski definition) is 1. The highest BCUT2D eigenvalue weighted by atomic mass is 16.7. The number of rotatable bonds is 3. The molecule has 0 aromatic heterocycles. The summed E-state index contributed by atoms with van der Waals surface area (Å²) in [4.78, 5) is 16.3. The summed E-state index contributed by atoms with van der Waals surface area (Å²) in [6.45, 7) is 2.57. The van der Waals surface area contributed by atoms with Gasteiger partial charge in [0, 0.05) is 7.11 Å². The Kier molecular flexibility index (Phi) is 3.02. The topological polar surface area (TPSA) is 64.8 Å². The highest BCUT2D eigenvalue weighted by Crippen LogP contribution is 2.10. The second-order valence-electron chi connectivity index (χ2n) is 2.87. The van der Waals surface area contributed by atoms with Crippen LogP contribution in [0.25, 0.3) is 0 Å². The van der Waals surface area contributed by atoms with E-state index >= 15 is 0 Å². The van der Waals surface area contributed by atoms with Crippen LogP contribution in [-0.2, 0) is 14.4 Å². The molecular formula is C7H14N2O3. The fraction of sp³-hybridized carbons (Fsp3) is 0.857. The fourth-order valence-electron chi connectivity index (χ4n) is 1.11. The van der Waals surface area contributed by atoms with Crippen molar-refractivity contribution in [2.24, 2.45) is 5.73 Å². The van der Waals surface area contributed by atoms with Crippen molar-refractivity contribution in [2.45, 2.75) is 19.0 Å². The summed E-state index contributed by atoms with van der Waals surface area (Å²) >= 11 is 0. The van der Waals surface area contributed by atoms with Gasteiger partial charge in [-0.05, 0) is 6.92 Å². The SMILES string of the molecule is COCC(C)N1OCC(N)C1=O. The number of nitrogens with zero attached hydrogens (tertiary/aromatic N) is 1. The minimum Gasteiger partial charge on any atom is -0.382 e. The van der Waals surface area contributed by atoms with Crippen LogP contribution in [0, 0.1) is 0 Å². The number of methoxy groups -OCH3 is 1. The molecule has 0 bridgehead atoms. The molecule has 2 N–H and O–H groups in total. The van der Waals surface area contributed by atoms with Crippen LogP contribution in [0.4, 0.5) is 0 Å².